The van der Waals surface area contributed by atoms with Crippen LogP contribution >= 0.6 is 0 Å². The summed E-state index contributed by atoms with van der Waals surface area (Å²) in [5.41, 5.74) is 0. The third-order valence-electron chi connectivity index (χ3n) is 4.04. The Balaban J connectivity index is 0.000000185. The van der Waals surface area contributed by atoms with Crippen molar-refractivity contribution in [2.24, 2.45) is 11.8 Å². The zero-order chi connectivity index (χ0) is 12.8. The molecule has 0 spiro atoms. The summed E-state index contributed by atoms with van der Waals surface area (Å²) in [4.78, 5) is 12.7. The normalized spacial score (nSPS) is 26.6. The third-order valence-corrected chi connectivity index (χ3v) is 4.04. The number of carbonyl (C=O) groups is 1. The minimum Gasteiger partial charge on any atom is -0.512 e. The molecule has 2 N–H and O–H groups in total. The van der Waals surface area contributed by atoms with Crippen LogP contribution in [0.25, 0.3) is 0 Å². The molecule has 2 atom stereocenters. The highest BCUT2D eigenvalue weighted by molar-refractivity contribution is 5.93. The van der Waals surface area contributed by atoms with E-state index in [1.165, 1.54) is 25.7 Å². The van der Waals surface area contributed by atoms with E-state index in [4.69, 9.17) is 0 Å². The fourth-order valence-corrected chi connectivity index (χ4v) is 2.64. The summed E-state index contributed by atoms with van der Waals surface area (Å²) in [6, 6.07) is 0. The van der Waals surface area contributed by atoms with E-state index < -0.39 is 0 Å². The van der Waals surface area contributed by atoms with Crippen molar-refractivity contribution in [3.05, 3.63) is 11.8 Å². The van der Waals surface area contributed by atoms with Crippen LogP contribution in [-0.4, -0.2) is 30.5 Å². The maximum Gasteiger partial charge on any atom is 0.162 e. The number of rotatable bonds is 3. The van der Waals surface area contributed by atoms with Crippen molar-refractivity contribution in [2.75, 3.05) is 19.6 Å². The molecule has 2 aliphatic rings. The molecule has 2 rings (SSSR count). The van der Waals surface area contributed by atoms with E-state index in [1.54, 1.807) is 4.90 Å². The summed E-state index contributed by atoms with van der Waals surface area (Å²) in [5, 5.41) is 9.21. The Hall–Kier alpha value is -0.830. The predicted molar refractivity (Wildman–Crippen MR) is 69.1 cm³/mol. The smallest absolute Gasteiger partial charge is 0.162 e. The zero-order valence-electron chi connectivity index (χ0n) is 11.3. The molecule has 98 valence electrons. The average molecular weight is 240 g/mol. The van der Waals surface area contributed by atoms with Crippen LogP contribution < -0.4 is 4.90 Å². The second-order valence-corrected chi connectivity index (χ2v) is 4.99. The topological polar surface area (TPSA) is 41.7 Å². The Labute approximate surface area is 105 Å². The van der Waals surface area contributed by atoms with E-state index in [1.807, 2.05) is 0 Å². The first-order chi connectivity index (χ1) is 8.12. The molecule has 3 heteroatoms. The van der Waals surface area contributed by atoms with Gasteiger partial charge in [-0.15, -0.1) is 0 Å². The van der Waals surface area contributed by atoms with Crippen LogP contribution in [0, 0.1) is 11.8 Å². The first-order valence-corrected chi connectivity index (χ1v) is 6.90. The molecular formula is C14H26NO2+. The molecule has 0 aromatic heterocycles. The standard InChI is InChI=1S/C8H10O2.C6H15N/c9-7-4-8(10)6-2-1-5(7)3-6;1-4-7(5-2)6-3/h4-6,9H,1-3H2;4-6H2,1-3H3/p+1. The molecule has 1 saturated carbocycles. The molecule has 2 aliphatic carbocycles. The molecule has 0 aromatic rings. The maximum atomic E-state index is 11.0. The van der Waals surface area contributed by atoms with Crippen molar-refractivity contribution in [3.8, 4) is 0 Å². The lowest BCUT2D eigenvalue weighted by atomic mass is 9.93. The van der Waals surface area contributed by atoms with Gasteiger partial charge in [0, 0.05) is 17.9 Å². The minimum absolute atomic E-state index is 0.131. The SMILES string of the molecule is CC[NH+](CC)CC.O=C1C=C(O)C2CCC1C2. The second-order valence-electron chi connectivity index (χ2n) is 4.99. The van der Waals surface area contributed by atoms with Gasteiger partial charge in [0.1, 0.15) is 0 Å². The van der Waals surface area contributed by atoms with Crippen molar-refractivity contribution < 1.29 is 14.8 Å². The highest BCUT2D eigenvalue weighted by Gasteiger charge is 2.35. The van der Waals surface area contributed by atoms with Crippen molar-refractivity contribution in [1.29, 1.82) is 0 Å². The summed E-state index contributed by atoms with van der Waals surface area (Å²) in [6.45, 7) is 10.5. The number of nitrogens with one attached hydrogen (secondary N) is 1. The van der Waals surface area contributed by atoms with E-state index in [2.05, 4.69) is 20.8 Å². The van der Waals surface area contributed by atoms with Crippen molar-refractivity contribution >= 4 is 5.78 Å². The molecule has 0 saturated heterocycles. The van der Waals surface area contributed by atoms with Crippen LogP contribution in [-0.2, 0) is 4.79 Å². The van der Waals surface area contributed by atoms with Gasteiger partial charge in [-0.3, -0.25) is 4.79 Å². The van der Waals surface area contributed by atoms with Gasteiger partial charge in [-0.05, 0) is 40.0 Å². The van der Waals surface area contributed by atoms with Gasteiger partial charge in [-0.2, -0.15) is 0 Å². The van der Waals surface area contributed by atoms with E-state index in [0.717, 1.165) is 19.3 Å². The van der Waals surface area contributed by atoms with Gasteiger partial charge >= 0.3 is 0 Å². The summed E-state index contributed by atoms with van der Waals surface area (Å²) in [7, 11) is 0. The number of carbonyl (C=O) groups excluding carboxylic acids is 1. The number of allylic oxidation sites excluding steroid dienone is 2. The summed E-state index contributed by atoms with van der Waals surface area (Å²) >= 11 is 0. The lowest BCUT2D eigenvalue weighted by Crippen LogP contribution is -3.11. The molecule has 0 amide bonds. The Morgan fingerprint density at radius 1 is 1.18 bits per heavy atom. The molecule has 0 heterocycles. The Morgan fingerprint density at radius 3 is 2.18 bits per heavy atom. The molecule has 0 aromatic carbocycles. The number of aliphatic hydroxyl groups excluding tert-OH is 1. The van der Waals surface area contributed by atoms with Crippen LogP contribution in [0.1, 0.15) is 40.0 Å². The third kappa shape index (κ3) is 3.84. The van der Waals surface area contributed by atoms with E-state index in [-0.39, 0.29) is 11.7 Å². The lowest BCUT2D eigenvalue weighted by molar-refractivity contribution is -0.894. The Morgan fingerprint density at radius 2 is 1.71 bits per heavy atom. The fourth-order valence-electron chi connectivity index (χ4n) is 2.64. The monoisotopic (exact) mass is 240 g/mol. The van der Waals surface area contributed by atoms with Gasteiger partial charge < -0.3 is 10.0 Å². The van der Waals surface area contributed by atoms with E-state index in [0.29, 0.717) is 11.7 Å². The molecule has 0 aliphatic heterocycles. The van der Waals surface area contributed by atoms with Crippen LogP contribution in [0.3, 0.4) is 0 Å². The van der Waals surface area contributed by atoms with E-state index in [9.17, 15) is 9.90 Å². The number of quaternary nitrogens is 1. The Bertz CT molecular complexity index is 276. The number of aliphatic hydroxyl groups is 1. The van der Waals surface area contributed by atoms with Crippen molar-refractivity contribution in [2.45, 2.75) is 40.0 Å². The van der Waals surface area contributed by atoms with Crippen LogP contribution in [0.15, 0.2) is 11.8 Å². The second kappa shape index (κ2) is 6.80. The molecular weight excluding hydrogens is 214 g/mol. The van der Waals surface area contributed by atoms with Gasteiger partial charge in [0.2, 0.25) is 0 Å². The lowest BCUT2D eigenvalue weighted by Gasteiger charge is -2.13. The molecule has 1 fully saturated rings. The highest BCUT2D eigenvalue weighted by Crippen LogP contribution is 2.39. The summed E-state index contributed by atoms with van der Waals surface area (Å²) < 4.78 is 0. The zero-order valence-corrected chi connectivity index (χ0v) is 11.3. The number of hydrogen-bond acceptors (Lipinski definition) is 2. The summed E-state index contributed by atoms with van der Waals surface area (Å²) in [5.74, 6) is 0.994. The summed E-state index contributed by atoms with van der Waals surface area (Å²) in [6.07, 6.45) is 4.27. The first-order valence-electron chi connectivity index (χ1n) is 6.90. The molecule has 3 nitrogen and oxygen atoms in total. The number of fused-ring (bicyclic) bond motifs is 2. The van der Waals surface area contributed by atoms with Gasteiger partial charge in [-0.1, -0.05) is 0 Å². The van der Waals surface area contributed by atoms with E-state index >= 15 is 0 Å². The van der Waals surface area contributed by atoms with Crippen LogP contribution in [0.2, 0.25) is 0 Å². The average Bonchev–Trinajstić information content (AvgIpc) is 2.76. The maximum absolute atomic E-state index is 11.0. The fraction of sp³-hybridized carbons (Fsp3) is 0.786. The van der Waals surface area contributed by atoms with Gasteiger partial charge in [0.05, 0.1) is 25.4 Å². The highest BCUT2D eigenvalue weighted by atomic mass is 16.3. The van der Waals surface area contributed by atoms with Crippen molar-refractivity contribution in [3.63, 3.8) is 0 Å². The molecule has 2 unspecified atom stereocenters. The molecule has 17 heavy (non-hydrogen) atoms. The molecule has 0 radical (unpaired) electrons. The van der Waals surface area contributed by atoms with Gasteiger partial charge in [0.25, 0.3) is 0 Å². The Kier molecular flexibility index (Phi) is 5.69. The molecule has 2 bridgehead atoms. The largest absolute Gasteiger partial charge is 0.512 e. The minimum atomic E-state index is 0.131. The van der Waals surface area contributed by atoms with Crippen LogP contribution in [0.5, 0.6) is 0 Å². The van der Waals surface area contributed by atoms with Gasteiger partial charge in [0.15, 0.2) is 5.78 Å². The van der Waals surface area contributed by atoms with Crippen LogP contribution in [0.4, 0.5) is 0 Å². The quantitative estimate of drug-likeness (QED) is 0.782. The van der Waals surface area contributed by atoms with Crippen molar-refractivity contribution in [1.82, 2.24) is 0 Å². The van der Waals surface area contributed by atoms with Gasteiger partial charge in [-0.25, -0.2) is 0 Å². The predicted octanol–water partition coefficient (Wildman–Crippen LogP) is 1.36. The number of ketones is 1. The first kappa shape index (κ1) is 14.2. The number of hydrogen-bond donors (Lipinski definition) is 2.